The Kier molecular flexibility index (Phi) is 5.32. The molecule has 0 bridgehead atoms. The van der Waals surface area contributed by atoms with Crippen LogP contribution >= 0.6 is 12.3 Å². The first kappa shape index (κ1) is 19.7. The fraction of sp³-hybridized carbons (Fsp3) is 0.278. The molecular weight excluding hydrogens is 381 g/mol. The molecule has 0 spiro atoms. The molecule has 3 N–H and O–H groups in total. The van der Waals surface area contributed by atoms with Crippen molar-refractivity contribution in [2.45, 2.75) is 26.3 Å². The highest BCUT2D eigenvalue weighted by molar-refractivity contribution is 7.92. The zero-order valence-corrected chi connectivity index (χ0v) is 16.7. The molecule has 0 saturated heterocycles. The first-order chi connectivity index (χ1) is 13.2. The van der Waals surface area contributed by atoms with E-state index < -0.39 is 11.4 Å². The molecule has 28 heavy (non-hydrogen) atoms. The molecule has 3 aromatic heterocycles. The summed E-state index contributed by atoms with van der Waals surface area (Å²) >= 11 is -0.0706. The van der Waals surface area contributed by atoms with Crippen LogP contribution in [-0.4, -0.2) is 43.1 Å². The van der Waals surface area contributed by atoms with Crippen molar-refractivity contribution in [2.75, 3.05) is 12.4 Å². The Balaban J connectivity index is 2.10. The zero-order valence-electron chi connectivity index (χ0n) is 15.9. The number of carbonyl (C=O) groups excluding carboxylic acids is 1. The fourth-order valence-corrected chi connectivity index (χ4v) is 2.98. The molecule has 3 rings (SSSR count). The van der Waals surface area contributed by atoms with Gasteiger partial charge in [0.25, 0.3) is 5.91 Å². The van der Waals surface area contributed by atoms with Crippen LogP contribution < -0.4 is 10.6 Å². The van der Waals surface area contributed by atoms with Gasteiger partial charge in [0.2, 0.25) is 0 Å². The van der Waals surface area contributed by atoms with Gasteiger partial charge in [0, 0.05) is 25.0 Å². The number of pyridine rings is 1. The number of anilines is 1. The molecule has 0 radical (unpaired) electrons. The summed E-state index contributed by atoms with van der Waals surface area (Å²) in [6.45, 7) is 5.55. The molecule has 0 fully saturated rings. The minimum Gasteiger partial charge on any atom is -0.386 e. The van der Waals surface area contributed by atoms with Crippen LogP contribution in [0.3, 0.4) is 0 Å². The summed E-state index contributed by atoms with van der Waals surface area (Å²) in [6, 6.07) is 3.55. The van der Waals surface area contributed by atoms with Crippen molar-refractivity contribution in [3.8, 4) is 0 Å². The molecule has 0 aliphatic rings. The van der Waals surface area contributed by atoms with Gasteiger partial charge in [0.05, 0.1) is 17.4 Å². The third-order valence-electron chi connectivity index (χ3n) is 3.84. The van der Waals surface area contributed by atoms with Gasteiger partial charge in [-0.05, 0) is 32.9 Å². The predicted octanol–water partition coefficient (Wildman–Crippen LogP) is 3.19. The zero-order chi connectivity index (χ0) is 20.5. The Morgan fingerprint density at radius 3 is 2.71 bits per heavy atom. The second-order valence-electron chi connectivity index (χ2n) is 7.09. The van der Waals surface area contributed by atoms with E-state index in [9.17, 15) is 8.68 Å². The van der Waals surface area contributed by atoms with Gasteiger partial charge in [-0.3, -0.25) is 15.2 Å². The molecule has 0 saturated carbocycles. The Labute approximate surface area is 165 Å². The number of nitrogens with one attached hydrogen (secondary N) is 3. The summed E-state index contributed by atoms with van der Waals surface area (Å²) in [5.41, 5.74) is 1.48. The molecule has 0 atom stereocenters. The standard InChI is InChI=1S/C18H20FN7OS/c1-18(2,3)25-17(27)10-9-26(28-19)16-14(10)24-12(8-23-16)13(20)15-11(21-4)6-5-7-22-15/h5-9,20-21H,1-4H3,(H,25,27). The molecule has 0 unspecified atom stereocenters. The van der Waals surface area contributed by atoms with Crippen molar-refractivity contribution in [3.63, 3.8) is 0 Å². The predicted molar refractivity (Wildman–Crippen MR) is 109 cm³/mol. The Bertz CT molecular complexity index is 1060. The van der Waals surface area contributed by atoms with Gasteiger partial charge < -0.3 is 10.6 Å². The van der Waals surface area contributed by atoms with Crippen LogP contribution in [0.15, 0.2) is 30.7 Å². The van der Waals surface area contributed by atoms with Gasteiger partial charge in [-0.15, -0.1) is 3.89 Å². The maximum Gasteiger partial charge on any atom is 0.255 e. The first-order valence-corrected chi connectivity index (χ1v) is 9.14. The Hall–Kier alpha value is -3.01. The van der Waals surface area contributed by atoms with E-state index in [2.05, 4.69) is 25.6 Å². The topological polar surface area (TPSA) is 109 Å². The van der Waals surface area contributed by atoms with Crippen LogP contribution in [0.1, 0.15) is 42.5 Å². The minimum atomic E-state index is -0.470. The van der Waals surface area contributed by atoms with Crippen LogP contribution in [0.5, 0.6) is 0 Å². The summed E-state index contributed by atoms with van der Waals surface area (Å²) < 4.78 is 14.4. The second kappa shape index (κ2) is 7.55. The van der Waals surface area contributed by atoms with Crippen LogP contribution in [0.4, 0.5) is 9.57 Å². The first-order valence-electron chi connectivity index (χ1n) is 8.47. The minimum absolute atomic E-state index is 0.0437. The quantitative estimate of drug-likeness (QED) is 0.567. The number of aromatic nitrogens is 4. The molecule has 8 nitrogen and oxygen atoms in total. The number of hydrogen-bond acceptors (Lipinski definition) is 7. The van der Waals surface area contributed by atoms with Crippen LogP contribution in [0, 0.1) is 5.41 Å². The van der Waals surface area contributed by atoms with Gasteiger partial charge >= 0.3 is 0 Å². The van der Waals surface area contributed by atoms with E-state index in [0.717, 1.165) is 3.97 Å². The maximum atomic E-state index is 13.3. The van der Waals surface area contributed by atoms with E-state index in [1.807, 2.05) is 20.8 Å². The number of carbonyl (C=O) groups is 1. The van der Waals surface area contributed by atoms with E-state index in [0.29, 0.717) is 11.4 Å². The van der Waals surface area contributed by atoms with Gasteiger partial charge in [0.1, 0.15) is 22.6 Å². The molecule has 146 valence electrons. The number of nitrogens with zero attached hydrogens (tertiary/aromatic N) is 4. The smallest absolute Gasteiger partial charge is 0.255 e. The largest absolute Gasteiger partial charge is 0.386 e. The number of halogens is 1. The number of amides is 1. The number of fused-ring (bicyclic) bond motifs is 1. The van der Waals surface area contributed by atoms with E-state index in [4.69, 9.17) is 5.41 Å². The van der Waals surface area contributed by atoms with E-state index in [-0.39, 0.29) is 40.5 Å². The molecule has 10 heteroatoms. The van der Waals surface area contributed by atoms with Crippen molar-refractivity contribution in [1.29, 1.82) is 5.41 Å². The summed E-state index contributed by atoms with van der Waals surface area (Å²) in [5, 5.41) is 14.3. The molecule has 0 aromatic carbocycles. The molecule has 1 amide bonds. The second-order valence-corrected chi connectivity index (χ2v) is 7.63. The van der Waals surface area contributed by atoms with Crippen molar-refractivity contribution in [1.82, 2.24) is 24.2 Å². The maximum absolute atomic E-state index is 13.3. The van der Waals surface area contributed by atoms with Gasteiger partial charge in [-0.25, -0.2) is 13.9 Å². The van der Waals surface area contributed by atoms with E-state index >= 15 is 0 Å². The van der Waals surface area contributed by atoms with Crippen LogP contribution in [-0.2, 0) is 0 Å². The molecule has 0 aliphatic heterocycles. The monoisotopic (exact) mass is 401 g/mol. The van der Waals surface area contributed by atoms with Crippen LogP contribution in [0.2, 0.25) is 0 Å². The SMILES string of the molecule is CNc1cccnc1C(=N)c1cnc2c(n1)c(C(=O)NC(C)(C)C)cn2SF. The number of rotatable bonds is 5. The molecular formula is C18H20FN7OS. The fourth-order valence-electron chi connectivity index (χ4n) is 2.64. The van der Waals surface area contributed by atoms with E-state index in [1.165, 1.54) is 12.4 Å². The highest BCUT2D eigenvalue weighted by Gasteiger charge is 2.23. The lowest BCUT2D eigenvalue weighted by Gasteiger charge is -2.20. The summed E-state index contributed by atoms with van der Waals surface area (Å²) in [4.78, 5) is 25.5. The summed E-state index contributed by atoms with van der Waals surface area (Å²) in [7, 11) is 1.73. The van der Waals surface area contributed by atoms with Gasteiger partial charge in [-0.2, -0.15) is 0 Å². The van der Waals surface area contributed by atoms with Crippen LogP contribution in [0.25, 0.3) is 11.2 Å². The van der Waals surface area contributed by atoms with E-state index in [1.54, 1.807) is 25.4 Å². The van der Waals surface area contributed by atoms with Gasteiger partial charge in [0.15, 0.2) is 18.0 Å². The molecule has 0 aliphatic carbocycles. The highest BCUT2D eigenvalue weighted by atomic mass is 32.2. The number of hydrogen-bond donors (Lipinski definition) is 3. The van der Waals surface area contributed by atoms with Crippen molar-refractivity contribution in [2.24, 2.45) is 0 Å². The van der Waals surface area contributed by atoms with Gasteiger partial charge in [-0.1, -0.05) is 0 Å². The Morgan fingerprint density at radius 1 is 1.32 bits per heavy atom. The summed E-state index contributed by atoms with van der Waals surface area (Å²) in [5.74, 6) is -0.392. The highest BCUT2D eigenvalue weighted by Crippen LogP contribution is 2.25. The van der Waals surface area contributed by atoms with Crippen molar-refractivity contribution in [3.05, 3.63) is 47.7 Å². The lowest BCUT2D eigenvalue weighted by atomic mass is 10.1. The Morgan fingerprint density at radius 2 is 2.07 bits per heavy atom. The third-order valence-corrected chi connectivity index (χ3v) is 4.27. The lowest BCUT2D eigenvalue weighted by Crippen LogP contribution is -2.40. The average molecular weight is 401 g/mol. The van der Waals surface area contributed by atoms with Crippen molar-refractivity contribution < 1.29 is 8.68 Å². The normalized spacial score (nSPS) is 11.5. The summed E-state index contributed by atoms with van der Waals surface area (Å²) in [6.07, 6.45) is 4.30. The lowest BCUT2D eigenvalue weighted by molar-refractivity contribution is 0.0921. The molecule has 3 heterocycles. The third kappa shape index (κ3) is 3.81. The average Bonchev–Trinajstić information content (AvgIpc) is 3.04. The van der Waals surface area contributed by atoms with Crippen molar-refractivity contribution >= 4 is 40.8 Å². The molecule has 3 aromatic rings.